The summed E-state index contributed by atoms with van der Waals surface area (Å²) in [6.07, 6.45) is 5.38. The molecular weight excluding hydrogens is 553 g/mol. The molecule has 4 N–H and O–H groups in total. The van der Waals surface area contributed by atoms with Crippen molar-refractivity contribution < 1.29 is 14.4 Å². The first kappa shape index (κ1) is 27.9. The molecule has 12 nitrogen and oxygen atoms in total. The molecule has 1 fully saturated rings. The minimum atomic E-state index is -0.853. The molecule has 0 radical (unpaired) electrons. The van der Waals surface area contributed by atoms with Crippen molar-refractivity contribution in [2.45, 2.75) is 50.2 Å². The molecule has 38 heavy (non-hydrogen) atoms. The summed E-state index contributed by atoms with van der Waals surface area (Å²) in [5, 5.41) is 16.0. The monoisotopic (exact) mass is 579 g/mol. The molecule has 0 unspecified atom stereocenters. The van der Waals surface area contributed by atoms with Crippen LogP contribution in [0.4, 0.5) is 5.82 Å². The molecule has 2 aliphatic rings. The Labute approximate surface area is 233 Å². The van der Waals surface area contributed by atoms with Crippen molar-refractivity contribution in [3.63, 3.8) is 0 Å². The molecule has 4 heterocycles. The van der Waals surface area contributed by atoms with Gasteiger partial charge in [0.15, 0.2) is 5.01 Å². The van der Waals surface area contributed by atoms with Gasteiger partial charge in [0.05, 0.1) is 16.8 Å². The highest BCUT2D eigenvalue weighted by Crippen LogP contribution is 2.32. The maximum absolute atomic E-state index is 13.2. The highest BCUT2D eigenvalue weighted by Gasteiger charge is 2.36. The Balaban J connectivity index is 0.00000336. The Morgan fingerprint density at radius 3 is 2.71 bits per heavy atom. The van der Waals surface area contributed by atoms with E-state index >= 15 is 0 Å². The zero-order chi connectivity index (χ0) is 25.9. The number of carbonyl (C=O) groups is 3. The van der Waals surface area contributed by atoms with Crippen LogP contribution in [0, 0.1) is 0 Å². The number of aromatic amines is 1. The van der Waals surface area contributed by atoms with Gasteiger partial charge < -0.3 is 20.9 Å². The number of nitrogens with one attached hydrogen (secondary N) is 4. The van der Waals surface area contributed by atoms with Gasteiger partial charge in [-0.05, 0) is 38.4 Å². The zero-order valence-corrected chi connectivity index (χ0v) is 22.8. The Bertz CT molecular complexity index is 1290. The van der Waals surface area contributed by atoms with E-state index in [-0.39, 0.29) is 30.0 Å². The molecule has 5 rings (SSSR count). The third-order valence-electron chi connectivity index (χ3n) is 6.60. The summed E-state index contributed by atoms with van der Waals surface area (Å²) in [7, 11) is 2.04. The van der Waals surface area contributed by atoms with Crippen LogP contribution in [-0.4, -0.2) is 73.4 Å². The van der Waals surface area contributed by atoms with E-state index in [0.29, 0.717) is 29.3 Å². The van der Waals surface area contributed by atoms with Crippen LogP contribution in [0.2, 0.25) is 5.02 Å². The molecular formula is C23H27Cl2N9O3S. The van der Waals surface area contributed by atoms with Gasteiger partial charge in [-0.1, -0.05) is 11.6 Å². The predicted octanol–water partition coefficient (Wildman–Crippen LogP) is 1.91. The van der Waals surface area contributed by atoms with Crippen molar-refractivity contribution in [3.8, 4) is 0 Å². The number of carbonyl (C=O) groups excluding carboxylic acids is 3. The molecule has 1 aliphatic heterocycles. The molecule has 0 spiro atoms. The van der Waals surface area contributed by atoms with E-state index in [0.717, 1.165) is 35.9 Å². The van der Waals surface area contributed by atoms with E-state index in [1.165, 1.54) is 29.9 Å². The number of hydrogen-bond donors (Lipinski definition) is 4. The number of halogens is 2. The number of anilines is 1. The van der Waals surface area contributed by atoms with Gasteiger partial charge >= 0.3 is 11.8 Å². The van der Waals surface area contributed by atoms with Gasteiger partial charge in [-0.15, -0.1) is 23.7 Å². The molecule has 0 bridgehead atoms. The van der Waals surface area contributed by atoms with Gasteiger partial charge in [-0.25, -0.2) is 15.0 Å². The number of thiazole rings is 1. The van der Waals surface area contributed by atoms with Crippen molar-refractivity contribution in [3.05, 3.63) is 51.1 Å². The fraction of sp³-hybridized carbons (Fsp3) is 0.435. The van der Waals surface area contributed by atoms with E-state index < -0.39 is 23.9 Å². The molecule has 3 amide bonds. The maximum atomic E-state index is 13.2. The zero-order valence-electron chi connectivity index (χ0n) is 20.4. The predicted molar refractivity (Wildman–Crippen MR) is 143 cm³/mol. The van der Waals surface area contributed by atoms with E-state index in [4.69, 9.17) is 11.6 Å². The summed E-state index contributed by atoms with van der Waals surface area (Å²) < 4.78 is 0. The molecule has 1 saturated carbocycles. The Morgan fingerprint density at radius 2 is 1.97 bits per heavy atom. The third-order valence-corrected chi connectivity index (χ3v) is 7.90. The summed E-state index contributed by atoms with van der Waals surface area (Å²) in [6.45, 7) is 1.68. The van der Waals surface area contributed by atoms with E-state index in [9.17, 15) is 14.4 Å². The van der Waals surface area contributed by atoms with E-state index in [2.05, 4.69) is 46.0 Å². The number of fused-ring (bicyclic) bond motifs is 1. The second-order valence-corrected chi connectivity index (χ2v) is 10.8. The Morgan fingerprint density at radius 1 is 1.13 bits per heavy atom. The fourth-order valence-corrected chi connectivity index (χ4v) is 5.87. The van der Waals surface area contributed by atoms with E-state index in [1.54, 1.807) is 6.07 Å². The number of aromatic nitrogens is 5. The first-order valence-electron chi connectivity index (χ1n) is 11.9. The summed E-state index contributed by atoms with van der Waals surface area (Å²) in [5.41, 5.74) is 0.966. The lowest BCUT2D eigenvalue weighted by Gasteiger charge is -2.36. The van der Waals surface area contributed by atoms with Crippen molar-refractivity contribution in [2.24, 2.45) is 0 Å². The molecule has 0 saturated heterocycles. The maximum Gasteiger partial charge on any atom is 0.314 e. The van der Waals surface area contributed by atoms with Crippen LogP contribution in [0.5, 0.6) is 0 Å². The number of pyridine rings is 1. The lowest BCUT2D eigenvalue weighted by atomic mass is 9.81. The van der Waals surface area contributed by atoms with Gasteiger partial charge in [0.2, 0.25) is 0 Å². The average molecular weight is 581 g/mol. The number of nitrogens with zero attached hydrogens (tertiary/aromatic N) is 5. The average Bonchev–Trinajstić information content (AvgIpc) is 3.56. The lowest BCUT2D eigenvalue weighted by Crippen LogP contribution is -2.56. The van der Waals surface area contributed by atoms with Crippen molar-refractivity contribution >= 4 is 58.9 Å². The SMILES string of the molecule is CN1CCc2nc(C(=O)N[C@@H]3C[C@@H](c4ncn[nH]4)CC[C@@H]3NC(=O)C(=O)Nc3ccc(Cl)cn3)sc2C1.Cl. The molecule has 15 heteroatoms. The van der Waals surface area contributed by atoms with Crippen LogP contribution in [0.1, 0.15) is 51.4 Å². The van der Waals surface area contributed by atoms with Gasteiger partial charge in [0.1, 0.15) is 18.0 Å². The summed E-state index contributed by atoms with van der Waals surface area (Å²) >= 11 is 7.22. The van der Waals surface area contributed by atoms with Gasteiger partial charge in [0.25, 0.3) is 5.91 Å². The van der Waals surface area contributed by atoms with Crippen LogP contribution in [0.25, 0.3) is 0 Å². The van der Waals surface area contributed by atoms with Crippen LogP contribution in [0.3, 0.4) is 0 Å². The number of rotatable bonds is 5. The largest absolute Gasteiger partial charge is 0.345 e. The number of amides is 3. The second-order valence-electron chi connectivity index (χ2n) is 9.23. The first-order chi connectivity index (χ1) is 17.9. The number of likely N-dealkylation sites (N-methyl/N-ethyl adjacent to an activating group) is 1. The highest BCUT2D eigenvalue weighted by atomic mass is 35.5. The molecule has 3 aromatic rings. The first-order valence-corrected chi connectivity index (χ1v) is 13.1. The van der Waals surface area contributed by atoms with Crippen LogP contribution in [-0.2, 0) is 22.6 Å². The fourth-order valence-electron chi connectivity index (χ4n) is 4.67. The third kappa shape index (κ3) is 6.46. The summed E-state index contributed by atoms with van der Waals surface area (Å²) in [4.78, 5) is 54.5. The highest BCUT2D eigenvalue weighted by molar-refractivity contribution is 7.13. The number of hydrogen-bond acceptors (Lipinski definition) is 9. The lowest BCUT2D eigenvalue weighted by molar-refractivity contribution is -0.136. The Hall–Kier alpha value is -3.13. The van der Waals surface area contributed by atoms with Crippen molar-refractivity contribution in [2.75, 3.05) is 18.9 Å². The van der Waals surface area contributed by atoms with Gasteiger partial charge in [0, 0.05) is 42.5 Å². The Kier molecular flexibility index (Phi) is 8.92. The summed E-state index contributed by atoms with van der Waals surface area (Å²) in [6, 6.07) is 2.17. The quantitative estimate of drug-likeness (QED) is 0.334. The smallest absolute Gasteiger partial charge is 0.314 e. The van der Waals surface area contributed by atoms with Crippen LogP contribution in [0.15, 0.2) is 24.7 Å². The molecule has 202 valence electrons. The molecule has 3 aromatic heterocycles. The normalized spacial score (nSPS) is 21.1. The molecule has 0 aromatic carbocycles. The van der Waals surface area contributed by atoms with Crippen molar-refractivity contribution in [1.29, 1.82) is 0 Å². The minimum Gasteiger partial charge on any atom is -0.345 e. The summed E-state index contributed by atoms with van der Waals surface area (Å²) in [5.74, 6) is -1.00. The van der Waals surface area contributed by atoms with E-state index in [1.807, 2.05) is 7.05 Å². The number of H-pyrrole nitrogens is 1. The van der Waals surface area contributed by atoms with Crippen LogP contribution < -0.4 is 16.0 Å². The molecule has 3 atom stereocenters. The van der Waals surface area contributed by atoms with Gasteiger partial charge in [-0.2, -0.15) is 5.10 Å². The molecule has 1 aliphatic carbocycles. The minimum absolute atomic E-state index is 0. The van der Waals surface area contributed by atoms with Gasteiger partial charge in [-0.3, -0.25) is 19.5 Å². The second kappa shape index (κ2) is 12.2. The van der Waals surface area contributed by atoms with Crippen molar-refractivity contribution in [1.82, 2.24) is 40.7 Å². The standard InChI is InChI=1S/C23H26ClN9O3S.ClH/c1-33-7-6-15-17(10-33)37-23(30-15)22(36)29-16-8-12(19-26-11-27-32-19)2-4-14(16)28-20(34)21(35)31-18-5-3-13(24)9-25-18;/h3,5,9,11-12,14,16H,2,4,6-8,10H2,1H3,(H,28,34)(H,29,36)(H,25,31,35)(H,26,27,32);1H/t12-,14-,16+;/m0./s1. The van der Waals surface area contributed by atoms with Crippen LogP contribution >= 0.6 is 35.3 Å². The topological polar surface area (TPSA) is 158 Å².